The zero-order valence-electron chi connectivity index (χ0n) is 10.4. The van der Waals surface area contributed by atoms with Crippen LogP contribution < -0.4 is 4.90 Å². The van der Waals surface area contributed by atoms with Crippen LogP contribution in [0.25, 0.3) is 0 Å². The lowest BCUT2D eigenvalue weighted by Gasteiger charge is -2.42. The molecule has 0 amide bonds. The van der Waals surface area contributed by atoms with Crippen LogP contribution in [-0.2, 0) is 0 Å². The predicted molar refractivity (Wildman–Crippen MR) is 70.0 cm³/mol. The Morgan fingerprint density at radius 2 is 2.24 bits per heavy atom. The van der Waals surface area contributed by atoms with E-state index in [9.17, 15) is 0 Å². The minimum Gasteiger partial charge on any atom is -0.364 e. The van der Waals surface area contributed by atoms with Crippen LogP contribution in [0.15, 0.2) is 23.3 Å². The fraction of sp³-hybridized carbons (Fsp3) is 0.538. The van der Waals surface area contributed by atoms with Crippen molar-refractivity contribution in [2.24, 2.45) is 4.99 Å². The summed E-state index contributed by atoms with van der Waals surface area (Å²) in [5.74, 6) is 2.23. The molecular formula is C13H18N4. The first-order valence-corrected chi connectivity index (χ1v) is 6.25. The molecule has 2 aliphatic rings. The van der Waals surface area contributed by atoms with Crippen LogP contribution in [0, 0.1) is 0 Å². The van der Waals surface area contributed by atoms with Crippen molar-refractivity contribution in [3.63, 3.8) is 0 Å². The number of amidine groups is 1. The molecule has 0 radical (unpaired) electrons. The van der Waals surface area contributed by atoms with Gasteiger partial charge in [-0.05, 0) is 31.4 Å². The van der Waals surface area contributed by atoms with Gasteiger partial charge in [0.25, 0.3) is 0 Å². The predicted octanol–water partition coefficient (Wildman–Crippen LogP) is 2.05. The van der Waals surface area contributed by atoms with Gasteiger partial charge in [-0.2, -0.15) is 0 Å². The van der Waals surface area contributed by atoms with Crippen molar-refractivity contribution >= 4 is 17.3 Å². The summed E-state index contributed by atoms with van der Waals surface area (Å²) in [7, 11) is 4.15. The molecule has 0 aromatic carbocycles. The monoisotopic (exact) mass is 230 g/mol. The van der Waals surface area contributed by atoms with Gasteiger partial charge < -0.3 is 9.80 Å². The van der Waals surface area contributed by atoms with Gasteiger partial charge in [-0.1, -0.05) is 0 Å². The van der Waals surface area contributed by atoms with Crippen molar-refractivity contribution in [1.29, 1.82) is 0 Å². The number of likely N-dealkylation sites (N-methyl/N-ethyl adjacent to an activating group) is 1. The van der Waals surface area contributed by atoms with Crippen molar-refractivity contribution in [3.05, 3.63) is 18.3 Å². The molecule has 1 fully saturated rings. The van der Waals surface area contributed by atoms with Crippen LogP contribution in [0.2, 0.25) is 0 Å². The Hall–Kier alpha value is -1.58. The minimum absolute atomic E-state index is 0.418. The average molecular weight is 230 g/mol. The third kappa shape index (κ3) is 1.68. The molecule has 2 aliphatic heterocycles. The van der Waals surface area contributed by atoms with Gasteiger partial charge in [0.1, 0.15) is 11.5 Å². The Labute approximate surface area is 102 Å². The van der Waals surface area contributed by atoms with E-state index in [2.05, 4.69) is 34.9 Å². The fourth-order valence-corrected chi connectivity index (χ4v) is 2.75. The smallest absolute Gasteiger partial charge is 0.155 e. The maximum atomic E-state index is 4.77. The Kier molecular flexibility index (Phi) is 2.50. The number of hydrogen-bond acceptors (Lipinski definition) is 4. The van der Waals surface area contributed by atoms with Gasteiger partial charge in [-0.3, -0.25) is 0 Å². The highest BCUT2D eigenvalue weighted by Gasteiger charge is 2.33. The number of anilines is 1. The molecule has 90 valence electrons. The van der Waals surface area contributed by atoms with Gasteiger partial charge in [0.15, 0.2) is 5.82 Å². The Bertz CT molecular complexity index is 452. The minimum atomic E-state index is 0.418. The van der Waals surface area contributed by atoms with E-state index in [1.54, 1.807) is 0 Å². The molecule has 17 heavy (non-hydrogen) atoms. The SMILES string of the molecule is CN(C)C1=Nc2cccnc2N2CCCCC12. The molecule has 1 aromatic heterocycles. The van der Waals surface area contributed by atoms with Gasteiger partial charge in [-0.15, -0.1) is 0 Å². The Morgan fingerprint density at radius 3 is 3.06 bits per heavy atom. The van der Waals surface area contributed by atoms with E-state index in [1.165, 1.54) is 25.1 Å². The van der Waals surface area contributed by atoms with Crippen LogP contribution in [0.4, 0.5) is 11.5 Å². The topological polar surface area (TPSA) is 31.7 Å². The first-order chi connectivity index (χ1) is 8.27. The van der Waals surface area contributed by atoms with E-state index in [0.29, 0.717) is 6.04 Å². The fourth-order valence-electron chi connectivity index (χ4n) is 2.75. The molecule has 0 saturated carbocycles. The van der Waals surface area contributed by atoms with E-state index in [0.717, 1.165) is 18.1 Å². The first-order valence-electron chi connectivity index (χ1n) is 6.25. The summed E-state index contributed by atoms with van der Waals surface area (Å²) in [6.45, 7) is 1.10. The van der Waals surface area contributed by atoms with E-state index in [-0.39, 0.29) is 0 Å². The number of rotatable bonds is 0. The highest BCUT2D eigenvalue weighted by Crippen LogP contribution is 2.36. The molecule has 0 bridgehead atoms. The maximum Gasteiger partial charge on any atom is 0.155 e. The average Bonchev–Trinajstić information content (AvgIpc) is 2.37. The van der Waals surface area contributed by atoms with Crippen molar-refractivity contribution in [3.8, 4) is 0 Å². The molecule has 1 aromatic rings. The summed E-state index contributed by atoms with van der Waals surface area (Å²) in [6, 6.07) is 4.43. The van der Waals surface area contributed by atoms with Crippen molar-refractivity contribution in [2.75, 3.05) is 25.5 Å². The quantitative estimate of drug-likeness (QED) is 0.683. The number of pyridine rings is 1. The van der Waals surface area contributed by atoms with E-state index in [1.807, 2.05) is 12.3 Å². The first kappa shape index (κ1) is 10.6. The third-order valence-corrected chi connectivity index (χ3v) is 3.53. The van der Waals surface area contributed by atoms with Crippen LogP contribution in [0.1, 0.15) is 19.3 Å². The molecule has 1 unspecified atom stereocenters. The van der Waals surface area contributed by atoms with Crippen molar-refractivity contribution < 1.29 is 0 Å². The van der Waals surface area contributed by atoms with Gasteiger partial charge in [0.2, 0.25) is 0 Å². The molecule has 3 heterocycles. The lowest BCUT2D eigenvalue weighted by atomic mass is 9.99. The summed E-state index contributed by atoms with van der Waals surface area (Å²) in [4.78, 5) is 13.8. The van der Waals surface area contributed by atoms with Crippen LogP contribution in [0.5, 0.6) is 0 Å². The summed E-state index contributed by atoms with van der Waals surface area (Å²) in [5.41, 5.74) is 1.01. The second-order valence-corrected chi connectivity index (χ2v) is 4.92. The molecule has 0 spiro atoms. The zero-order valence-corrected chi connectivity index (χ0v) is 10.4. The Morgan fingerprint density at radius 1 is 1.35 bits per heavy atom. The summed E-state index contributed by atoms with van der Waals surface area (Å²) in [6.07, 6.45) is 5.59. The second kappa shape index (κ2) is 4.02. The Balaban J connectivity index is 2.10. The molecule has 1 atom stereocenters. The van der Waals surface area contributed by atoms with E-state index in [4.69, 9.17) is 4.99 Å². The van der Waals surface area contributed by atoms with E-state index >= 15 is 0 Å². The number of piperidine rings is 1. The third-order valence-electron chi connectivity index (χ3n) is 3.53. The number of aliphatic imine (C=N–C) groups is 1. The van der Waals surface area contributed by atoms with Gasteiger partial charge in [0.05, 0.1) is 6.04 Å². The number of fused-ring (bicyclic) bond motifs is 3. The van der Waals surface area contributed by atoms with Crippen LogP contribution in [0.3, 0.4) is 0 Å². The molecule has 4 nitrogen and oxygen atoms in total. The number of hydrogen-bond donors (Lipinski definition) is 0. The highest BCUT2D eigenvalue weighted by atomic mass is 15.3. The molecule has 4 heteroatoms. The van der Waals surface area contributed by atoms with Crippen LogP contribution in [-0.4, -0.2) is 42.4 Å². The van der Waals surface area contributed by atoms with Crippen molar-refractivity contribution in [1.82, 2.24) is 9.88 Å². The highest BCUT2D eigenvalue weighted by molar-refractivity contribution is 5.96. The van der Waals surface area contributed by atoms with Gasteiger partial charge >= 0.3 is 0 Å². The largest absolute Gasteiger partial charge is 0.364 e. The lowest BCUT2D eigenvalue weighted by molar-refractivity contribution is 0.481. The molecular weight excluding hydrogens is 212 g/mol. The number of nitrogens with zero attached hydrogens (tertiary/aromatic N) is 4. The molecule has 0 aliphatic carbocycles. The normalized spacial score (nSPS) is 22.6. The molecule has 1 saturated heterocycles. The molecule has 3 rings (SSSR count). The van der Waals surface area contributed by atoms with Gasteiger partial charge in [0, 0.05) is 26.8 Å². The van der Waals surface area contributed by atoms with E-state index < -0.39 is 0 Å². The molecule has 0 N–H and O–H groups in total. The van der Waals surface area contributed by atoms with Gasteiger partial charge in [-0.25, -0.2) is 9.98 Å². The maximum absolute atomic E-state index is 4.77. The zero-order chi connectivity index (χ0) is 11.8. The van der Waals surface area contributed by atoms with Crippen molar-refractivity contribution in [2.45, 2.75) is 25.3 Å². The standard InChI is InChI=1S/C13H18N4/c1-16(2)13-11-7-3-4-9-17(11)12-10(15-13)6-5-8-14-12/h5-6,8,11H,3-4,7,9H2,1-2H3. The lowest BCUT2D eigenvalue weighted by Crippen LogP contribution is -2.51. The summed E-state index contributed by atoms with van der Waals surface area (Å²) < 4.78 is 0. The number of aromatic nitrogens is 1. The van der Waals surface area contributed by atoms with Crippen LogP contribution >= 0.6 is 0 Å². The second-order valence-electron chi connectivity index (χ2n) is 4.92. The summed E-state index contributed by atoms with van der Waals surface area (Å²) in [5, 5.41) is 0. The summed E-state index contributed by atoms with van der Waals surface area (Å²) >= 11 is 0.